The predicted octanol–water partition coefficient (Wildman–Crippen LogP) is 3.12. The third-order valence-electron chi connectivity index (χ3n) is 2.55. The van der Waals surface area contributed by atoms with Crippen LogP contribution in [0.15, 0.2) is 0 Å². The van der Waals surface area contributed by atoms with E-state index in [2.05, 4.69) is 0 Å². The molecule has 0 aliphatic heterocycles. The molecule has 0 radical (unpaired) electrons. The zero-order chi connectivity index (χ0) is 10.3. The Morgan fingerprint density at radius 2 is 0.857 bits per heavy atom. The maximum atomic E-state index is 13.1. The SMILES string of the molecule is Fc1c(F)c2c(F)c(F)c1CCCC2. The summed E-state index contributed by atoms with van der Waals surface area (Å²) in [6, 6.07) is 0. The molecule has 0 unspecified atom stereocenters. The molecule has 1 aromatic carbocycles. The number of benzene rings is 1. The van der Waals surface area contributed by atoms with Gasteiger partial charge in [-0.1, -0.05) is 0 Å². The van der Waals surface area contributed by atoms with E-state index in [1.807, 2.05) is 0 Å². The standard InChI is InChI=1S/C10H8F4/c11-7-5-3-1-2-4-6(9(7)13)10(14)8(5)12/h1-4H2. The van der Waals surface area contributed by atoms with Crippen molar-refractivity contribution in [3.8, 4) is 0 Å². The van der Waals surface area contributed by atoms with Crippen LogP contribution in [0.1, 0.15) is 24.0 Å². The lowest BCUT2D eigenvalue weighted by atomic mass is 9.95. The molecule has 0 saturated carbocycles. The van der Waals surface area contributed by atoms with Crippen LogP contribution in [0.3, 0.4) is 0 Å². The van der Waals surface area contributed by atoms with Gasteiger partial charge in [0.25, 0.3) is 0 Å². The average Bonchev–Trinajstić information content (AvgIpc) is 2.15. The van der Waals surface area contributed by atoms with Crippen LogP contribution in [0.4, 0.5) is 17.6 Å². The van der Waals surface area contributed by atoms with E-state index in [0.29, 0.717) is 12.8 Å². The van der Waals surface area contributed by atoms with E-state index in [0.717, 1.165) is 0 Å². The van der Waals surface area contributed by atoms with Crippen LogP contribution in [-0.4, -0.2) is 0 Å². The van der Waals surface area contributed by atoms with Crippen molar-refractivity contribution in [2.75, 3.05) is 0 Å². The summed E-state index contributed by atoms with van der Waals surface area (Å²) in [6.07, 6.45) is 1.23. The molecule has 0 saturated heterocycles. The Kier molecular flexibility index (Phi) is 2.21. The first kappa shape index (κ1) is 9.49. The van der Waals surface area contributed by atoms with E-state index in [-0.39, 0.29) is 12.8 Å². The van der Waals surface area contributed by atoms with Crippen LogP contribution < -0.4 is 0 Å². The highest BCUT2D eigenvalue weighted by Gasteiger charge is 2.26. The Bertz CT molecular complexity index is 318. The monoisotopic (exact) mass is 204 g/mol. The zero-order valence-electron chi connectivity index (χ0n) is 7.34. The van der Waals surface area contributed by atoms with Gasteiger partial charge in [-0.05, 0) is 25.7 Å². The van der Waals surface area contributed by atoms with Gasteiger partial charge in [-0.3, -0.25) is 0 Å². The normalized spacial score (nSPS) is 15.4. The largest absolute Gasteiger partial charge is 0.203 e. The molecule has 0 spiro atoms. The van der Waals surface area contributed by atoms with E-state index in [1.54, 1.807) is 0 Å². The second-order valence-corrected chi connectivity index (χ2v) is 3.42. The summed E-state index contributed by atoms with van der Waals surface area (Å²) in [5.74, 6) is -4.89. The van der Waals surface area contributed by atoms with E-state index >= 15 is 0 Å². The number of hydrogen-bond acceptors (Lipinski definition) is 0. The van der Waals surface area contributed by atoms with Crippen LogP contribution in [0.25, 0.3) is 0 Å². The summed E-state index contributed by atoms with van der Waals surface area (Å²) in [4.78, 5) is 0. The first-order valence-corrected chi connectivity index (χ1v) is 4.46. The van der Waals surface area contributed by atoms with Gasteiger partial charge in [0, 0.05) is 11.1 Å². The van der Waals surface area contributed by atoms with Gasteiger partial charge in [-0.25, -0.2) is 17.6 Å². The van der Waals surface area contributed by atoms with Crippen LogP contribution in [-0.2, 0) is 12.8 Å². The van der Waals surface area contributed by atoms with Crippen molar-refractivity contribution in [1.82, 2.24) is 0 Å². The molecular weight excluding hydrogens is 196 g/mol. The van der Waals surface area contributed by atoms with E-state index in [1.165, 1.54) is 0 Å². The van der Waals surface area contributed by atoms with Crippen LogP contribution in [0, 0.1) is 23.3 Å². The summed E-state index contributed by atoms with van der Waals surface area (Å²) < 4.78 is 52.6. The Morgan fingerprint density at radius 3 is 1.14 bits per heavy atom. The Hall–Kier alpha value is -1.06. The molecule has 1 aromatic rings. The van der Waals surface area contributed by atoms with Gasteiger partial charge in [0.05, 0.1) is 0 Å². The van der Waals surface area contributed by atoms with Crippen molar-refractivity contribution in [2.45, 2.75) is 25.7 Å². The molecule has 3 rings (SSSR count). The van der Waals surface area contributed by atoms with Gasteiger partial charge in [0.15, 0.2) is 23.3 Å². The van der Waals surface area contributed by atoms with Gasteiger partial charge >= 0.3 is 0 Å². The summed E-state index contributed by atoms with van der Waals surface area (Å²) in [6.45, 7) is 0. The smallest absolute Gasteiger partial charge is 0.165 e. The van der Waals surface area contributed by atoms with Gasteiger partial charge in [0.2, 0.25) is 0 Å². The molecule has 76 valence electrons. The molecule has 2 bridgehead atoms. The highest BCUT2D eigenvalue weighted by molar-refractivity contribution is 5.31. The van der Waals surface area contributed by atoms with E-state index in [9.17, 15) is 17.6 Å². The van der Waals surface area contributed by atoms with Crippen molar-refractivity contribution in [2.24, 2.45) is 0 Å². The molecule has 0 atom stereocenters. The lowest BCUT2D eigenvalue weighted by molar-refractivity contribution is 0.411. The Labute approximate surface area is 78.5 Å². The number of fused-ring (bicyclic) bond motifs is 5. The number of halogens is 4. The van der Waals surface area contributed by atoms with Gasteiger partial charge in [-0.2, -0.15) is 0 Å². The highest BCUT2D eigenvalue weighted by Crippen LogP contribution is 2.29. The highest BCUT2D eigenvalue weighted by atomic mass is 19.2. The minimum Gasteiger partial charge on any atom is -0.203 e. The number of rotatable bonds is 0. The molecule has 0 heterocycles. The summed E-state index contributed by atoms with van der Waals surface area (Å²) in [5, 5.41) is 0. The van der Waals surface area contributed by atoms with Gasteiger partial charge in [0.1, 0.15) is 0 Å². The first-order valence-electron chi connectivity index (χ1n) is 4.46. The van der Waals surface area contributed by atoms with Crippen molar-refractivity contribution in [3.05, 3.63) is 34.4 Å². The van der Waals surface area contributed by atoms with Crippen molar-refractivity contribution in [1.29, 1.82) is 0 Å². The van der Waals surface area contributed by atoms with E-state index in [4.69, 9.17) is 0 Å². The predicted molar refractivity (Wildman–Crippen MR) is 42.9 cm³/mol. The zero-order valence-corrected chi connectivity index (χ0v) is 7.34. The Morgan fingerprint density at radius 1 is 0.571 bits per heavy atom. The summed E-state index contributed by atoms with van der Waals surface area (Å²) in [7, 11) is 0. The Balaban J connectivity index is 2.76. The molecule has 2 aliphatic carbocycles. The fourth-order valence-electron chi connectivity index (χ4n) is 1.77. The second kappa shape index (κ2) is 3.26. The molecule has 2 aliphatic rings. The van der Waals surface area contributed by atoms with Gasteiger partial charge in [-0.15, -0.1) is 0 Å². The minimum atomic E-state index is -1.22. The fourth-order valence-corrected chi connectivity index (χ4v) is 1.77. The maximum Gasteiger partial charge on any atom is 0.165 e. The number of hydrogen-bond donors (Lipinski definition) is 0. The lowest BCUT2D eigenvalue weighted by Crippen LogP contribution is -2.12. The molecule has 0 aromatic heterocycles. The van der Waals surface area contributed by atoms with Crippen LogP contribution >= 0.6 is 0 Å². The molecule has 0 N–H and O–H groups in total. The summed E-state index contributed by atoms with van der Waals surface area (Å²) in [5.41, 5.74) is -0.910. The molecule has 0 amide bonds. The molecular formula is C10H8F4. The molecule has 0 fully saturated rings. The fraction of sp³-hybridized carbons (Fsp3) is 0.400. The quantitative estimate of drug-likeness (QED) is 0.450. The van der Waals surface area contributed by atoms with Gasteiger partial charge < -0.3 is 0 Å². The lowest BCUT2D eigenvalue weighted by Gasteiger charge is -2.15. The maximum absolute atomic E-state index is 13.1. The minimum absolute atomic E-state index is 0.0613. The molecule has 4 heteroatoms. The van der Waals surface area contributed by atoms with Crippen LogP contribution in [0.5, 0.6) is 0 Å². The van der Waals surface area contributed by atoms with Crippen molar-refractivity contribution in [3.63, 3.8) is 0 Å². The first-order chi connectivity index (χ1) is 6.63. The molecule has 14 heavy (non-hydrogen) atoms. The van der Waals surface area contributed by atoms with E-state index < -0.39 is 34.4 Å². The van der Waals surface area contributed by atoms with Crippen LogP contribution in [0.2, 0.25) is 0 Å². The molecule has 0 nitrogen and oxygen atoms in total. The third kappa shape index (κ3) is 1.21. The van der Waals surface area contributed by atoms with Crippen molar-refractivity contribution < 1.29 is 17.6 Å². The average molecular weight is 204 g/mol. The topological polar surface area (TPSA) is 0 Å². The third-order valence-corrected chi connectivity index (χ3v) is 2.55. The van der Waals surface area contributed by atoms with Crippen molar-refractivity contribution >= 4 is 0 Å². The summed E-state index contributed by atoms with van der Waals surface area (Å²) >= 11 is 0. The second-order valence-electron chi connectivity index (χ2n) is 3.42.